The van der Waals surface area contributed by atoms with Crippen LogP contribution in [-0.4, -0.2) is 51.0 Å². The van der Waals surface area contributed by atoms with Crippen molar-refractivity contribution in [2.24, 2.45) is 5.92 Å². The Balaban J connectivity index is 2.63. The minimum Gasteiger partial charge on any atom is -0.444 e. The van der Waals surface area contributed by atoms with Crippen molar-refractivity contribution < 1.29 is 23.7 Å². The van der Waals surface area contributed by atoms with E-state index in [4.69, 9.17) is 18.9 Å². The van der Waals surface area contributed by atoms with Crippen LogP contribution in [0.1, 0.15) is 59.3 Å². The predicted molar refractivity (Wildman–Crippen MR) is 102 cm³/mol. The summed E-state index contributed by atoms with van der Waals surface area (Å²) >= 11 is 0. The number of methoxy groups -OCH3 is 1. The molecule has 0 spiro atoms. The zero-order valence-electron chi connectivity index (χ0n) is 16.9. The maximum absolute atomic E-state index is 12.3. The Labute approximate surface area is 158 Å². The molecule has 1 amide bonds. The van der Waals surface area contributed by atoms with Gasteiger partial charge in [-0.3, -0.25) is 0 Å². The van der Waals surface area contributed by atoms with E-state index in [1.54, 1.807) is 13.2 Å². The van der Waals surface area contributed by atoms with Crippen LogP contribution in [0.3, 0.4) is 0 Å². The van der Waals surface area contributed by atoms with Gasteiger partial charge in [0.1, 0.15) is 12.4 Å². The number of amides is 1. The molecule has 0 heterocycles. The van der Waals surface area contributed by atoms with Crippen LogP contribution < -0.4 is 5.32 Å². The molecule has 1 aliphatic rings. The van der Waals surface area contributed by atoms with Gasteiger partial charge in [-0.2, -0.15) is 0 Å². The van der Waals surface area contributed by atoms with Crippen molar-refractivity contribution in [1.82, 2.24) is 5.32 Å². The van der Waals surface area contributed by atoms with Crippen LogP contribution in [0, 0.1) is 5.92 Å². The molecule has 0 aromatic heterocycles. The molecule has 26 heavy (non-hydrogen) atoms. The summed E-state index contributed by atoms with van der Waals surface area (Å²) in [4.78, 5) is 12.3. The Kier molecular flexibility index (Phi) is 10.9. The highest BCUT2D eigenvalue weighted by Gasteiger charge is 2.28. The van der Waals surface area contributed by atoms with E-state index in [0.717, 1.165) is 6.42 Å². The summed E-state index contributed by atoms with van der Waals surface area (Å²) < 4.78 is 21.6. The van der Waals surface area contributed by atoms with Gasteiger partial charge in [0, 0.05) is 7.11 Å². The smallest absolute Gasteiger partial charge is 0.407 e. The molecule has 152 valence electrons. The van der Waals surface area contributed by atoms with Crippen molar-refractivity contribution in [3.63, 3.8) is 0 Å². The number of alkyl carbamates (subject to hydrolysis) is 1. The molecular formula is C20H37NO5. The second kappa shape index (κ2) is 12.3. The molecule has 1 aliphatic carbocycles. The van der Waals surface area contributed by atoms with E-state index in [9.17, 15) is 4.79 Å². The SMILES string of the molecule is C=C[C@H](OCOCCOC)[C@H](CC1CCCCC1)NC(=O)OC(C)(C)C. The number of carbonyl (C=O) groups excluding carboxylic acids is 1. The second-order valence-electron chi connectivity index (χ2n) is 7.88. The summed E-state index contributed by atoms with van der Waals surface area (Å²) in [5.74, 6) is 0.587. The molecule has 0 radical (unpaired) electrons. The maximum Gasteiger partial charge on any atom is 0.407 e. The minimum atomic E-state index is -0.534. The van der Waals surface area contributed by atoms with Gasteiger partial charge in [-0.25, -0.2) is 4.79 Å². The maximum atomic E-state index is 12.3. The highest BCUT2D eigenvalue weighted by Crippen LogP contribution is 2.28. The molecule has 1 rings (SSSR count). The second-order valence-corrected chi connectivity index (χ2v) is 7.88. The lowest BCUT2D eigenvalue weighted by atomic mass is 9.83. The van der Waals surface area contributed by atoms with E-state index in [-0.39, 0.29) is 18.9 Å². The fraction of sp³-hybridized carbons (Fsp3) is 0.850. The fourth-order valence-corrected chi connectivity index (χ4v) is 3.19. The van der Waals surface area contributed by atoms with Crippen molar-refractivity contribution in [3.05, 3.63) is 12.7 Å². The lowest BCUT2D eigenvalue weighted by molar-refractivity contribution is -0.0943. The molecule has 0 aromatic rings. The van der Waals surface area contributed by atoms with Gasteiger partial charge in [-0.15, -0.1) is 6.58 Å². The first-order valence-electron chi connectivity index (χ1n) is 9.66. The van der Waals surface area contributed by atoms with Gasteiger partial charge in [0.05, 0.1) is 25.4 Å². The third-order valence-corrected chi connectivity index (χ3v) is 4.42. The summed E-state index contributed by atoms with van der Waals surface area (Å²) in [6.07, 6.45) is 8.03. The molecular weight excluding hydrogens is 334 g/mol. The Morgan fingerprint density at radius 1 is 1.23 bits per heavy atom. The van der Waals surface area contributed by atoms with Crippen molar-refractivity contribution in [2.45, 2.75) is 77.0 Å². The van der Waals surface area contributed by atoms with Gasteiger partial charge in [-0.1, -0.05) is 38.2 Å². The predicted octanol–water partition coefficient (Wildman–Crippen LogP) is 4.04. The zero-order chi connectivity index (χ0) is 19.4. The number of carbonyl (C=O) groups is 1. The number of ether oxygens (including phenoxy) is 4. The molecule has 0 saturated heterocycles. The normalized spacial score (nSPS) is 18.2. The fourth-order valence-electron chi connectivity index (χ4n) is 3.19. The average Bonchev–Trinajstić information content (AvgIpc) is 2.57. The lowest BCUT2D eigenvalue weighted by Gasteiger charge is -2.31. The topological polar surface area (TPSA) is 66.0 Å². The van der Waals surface area contributed by atoms with Gasteiger partial charge in [-0.05, 0) is 33.1 Å². The summed E-state index contributed by atoms with van der Waals surface area (Å²) in [5.41, 5.74) is -0.534. The van der Waals surface area contributed by atoms with Crippen molar-refractivity contribution in [1.29, 1.82) is 0 Å². The summed E-state index contributed by atoms with van der Waals surface area (Å²) in [5, 5.41) is 2.99. The first kappa shape index (κ1) is 22.9. The van der Waals surface area contributed by atoms with E-state index in [0.29, 0.717) is 19.1 Å². The molecule has 0 unspecified atom stereocenters. The van der Waals surface area contributed by atoms with Crippen LogP contribution in [0.2, 0.25) is 0 Å². The molecule has 1 fully saturated rings. The van der Waals surface area contributed by atoms with E-state index < -0.39 is 11.7 Å². The Morgan fingerprint density at radius 2 is 1.92 bits per heavy atom. The van der Waals surface area contributed by atoms with E-state index in [1.807, 2.05) is 20.8 Å². The number of rotatable bonds is 11. The number of hydrogen-bond donors (Lipinski definition) is 1. The van der Waals surface area contributed by atoms with Gasteiger partial charge in [0.25, 0.3) is 0 Å². The summed E-state index contributed by atoms with van der Waals surface area (Å²) in [7, 11) is 1.63. The molecule has 2 atom stereocenters. The molecule has 1 saturated carbocycles. The standard InChI is InChI=1S/C20H37NO5/c1-6-18(25-15-24-13-12-23-5)17(14-16-10-8-7-9-11-16)21-19(22)26-20(2,3)4/h6,16-18H,1,7-15H2,2-5H3,(H,21,22)/t17-,18-/m0/s1. The van der Waals surface area contributed by atoms with Crippen molar-refractivity contribution in [2.75, 3.05) is 27.1 Å². The van der Waals surface area contributed by atoms with Gasteiger partial charge in [0.15, 0.2) is 0 Å². The third kappa shape index (κ3) is 10.1. The first-order chi connectivity index (χ1) is 12.4. The highest BCUT2D eigenvalue weighted by atomic mass is 16.7. The van der Waals surface area contributed by atoms with E-state index in [2.05, 4.69) is 11.9 Å². The number of nitrogens with one attached hydrogen (secondary N) is 1. The molecule has 0 aliphatic heterocycles. The monoisotopic (exact) mass is 371 g/mol. The molecule has 1 N–H and O–H groups in total. The van der Waals surface area contributed by atoms with Crippen LogP contribution in [0.4, 0.5) is 4.79 Å². The van der Waals surface area contributed by atoms with Crippen LogP contribution in [0.15, 0.2) is 12.7 Å². The average molecular weight is 372 g/mol. The minimum absolute atomic E-state index is 0.136. The van der Waals surface area contributed by atoms with Crippen LogP contribution >= 0.6 is 0 Å². The highest BCUT2D eigenvalue weighted by molar-refractivity contribution is 5.68. The zero-order valence-corrected chi connectivity index (χ0v) is 16.9. The molecule has 6 nitrogen and oxygen atoms in total. The Bertz CT molecular complexity index is 401. The third-order valence-electron chi connectivity index (χ3n) is 4.42. The van der Waals surface area contributed by atoms with E-state index >= 15 is 0 Å². The Morgan fingerprint density at radius 3 is 2.50 bits per heavy atom. The Hall–Kier alpha value is -1.11. The van der Waals surface area contributed by atoms with Crippen LogP contribution in [0.25, 0.3) is 0 Å². The number of hydrogen-bond acceptors (Lipinski definition) is 5. The first-order valence-corrected chi connectivity index (χ1v) is 9.66. The lowest BCUT2D eigenvalue weighted by Crippen LogP contribution is -2.47. The van der Waals surface area contributed by atoms with Crippen LogP contribution in [-0.2, 0) is 18.9 Å². The van der Waals surface area contributed by atoms with Gasteiger partial charge >= 0.3 is 6.09 Å². The van der Waals surface area contributed by atoms with E-state index in [1.165, 1.54) is 32.1 Å². The largest absolute Gasteiger partial charge is 0.444 e. The van der Waals surface area contributed by atoms with Crippen molar-refractivity contribution >= 4 is 6.09 Å². The molecule has 0 aromatic carbocycles. The quantitative estimate of drug-likeness (QED) is 0.337. The van der Waals surface area contributed by atoms with Crippen LogP contribution in [0.5, 0.6) is 0 Å². The molecule has 0 bridgehead atoms. The molecule has 6 heteroatoms. The summed E-state index contributed by atoms with van der Waals surface area (Å²) in [6.45, 7) is 10.6. The summed E-state index contributed by atoms with van der Waals surface area (Å²) in [6, 6.07) is -0.184. The van der Waals surface area contributed by atoms with Crippen molar-refractivity contribution in [3.8, 4) is 0 Å². The van der Waals surface area contributed by atoms with Gasteiger partial charge < -0.3 is 24.3 Å². The van der Waals surface area contributed by atoms with Gasteiger partial charge in [0.2, 0.25) is 0 Å².